The number of hydrogen-bond donors (Lipinski definition) is 2. The molecule has 0 aromatic heterocycles. The molecular weight excluding hydrogens is 362 g/mol. The van der Waals surface area contributed by atoms with E-state index >= 15 is 0 Å². The van der Waals surface area contributed by atoms with E-state index in [-0.39, 0.29) is 5.91 Å². The first-order valence-corrected chi connectivity index (χ1v) is 11.1. The Morgan fingerprint density at radius 2 is 1.86 bits per heavy atom. The third-order valence-corrected chi connectivity index (χ3v) is 5.71. The molecule has 6 nitrogen and oxygen atoms in total. The van der Waals surface area contributed by atoms with E-state index in [1.54, 1.807) is 7.05 Å². The molecule has 2 rings (SSSR count). The number of benzene rings is 1. The molecule has 1 aromatic carbocycles. The summed E-state index contributed by atoms with van der Waals surface area (Å²) in [6.45, 7) is 13.1. The Morgan fingerprint density at radius 3 is 2.48 bits per heavy atom. The highest BCUT2D eigenvalue weighted by Crippen LogP contribution is 2.20. The lowest BCUT2D eigenvalue weighted by Crippen LogP contribution is -2.46. The number of nitrogens with zero attached hydrogens (tertiary/aromatic N) is 3. The maximum atomic E-state index is 11.6. The van der Waals surface area contributed by atoms with Gasteiger partial charge in [0.05, 0.1) is 6.54 Å². The van der Waals surface area contributed by atoms with Crippen LogP contribution in [0.25, 0.3) is 0 Å². The third kappa shape index (κ3) is 7.69. The van der Waals surface area contributed by atoms with Gasteiger partial charge in [-0.3, -0.25) is 9.69 Å². The molecule has 2 N–H and O–H groups in total. The lowest BCUT2D eigenvalue weighted by atomic mass is 9.93. The second kappa shape index (κ2) is 12.5. The van der Waals surface area contributed by atoms with Crippen LogP contribution >= 0.6 is 0 Å². The van der Waals surface area contributed by atoms with E-state index in [4.69, 9.17) is 4.99 Å². The number of carbonyl (C=O) groups is 1. The molecular formula is C23H39N5O. The van der Waals surface area contributed by atoms with Crippen LogP contribution in [-0.2, 0) is 17.9 Å². The van der Waals surface area contributed by atoms with Crippen LogP contribution in [0, 0.1) is 5.92 Å². The van der Waals surface area contributed by atoms with Crippen molar-refractivity contribution >= 4 is 11.9 Å². The molecule has 1 saturated heterocycles. The van der Waals surface area contributed by atoms with Crippen molar-refractivity contribution in [2.45, 2.75) is 53.1 Å². The molecule has 0 spiro atoms. The van der Waals surface area contributed by atoms with Crippen LogP contribution in [0.5, 0.6) is 0 Å². The van der Waals surface area contributed by atoms with Gasteiger partial charge < -0.3 is 15.5 Å². The molecule has 0 atom stereocenters. The van der Waals surface area contributed by atoms with Crippen LogP contribution in [0.1, 0.15) is 51.2 Å². The fourth-order valence-electron chi connectivity index (χ4n) is 3.84. The van der Waals surface area contributed by atoms with E-state index in [1.807, 2.05) is 0 Å². The Labute approximate surface area is 176 Å². The summed E-state index contributed by atoms with van der Waals surface area (Å²) in [6, 6.07) is 8.78. The summed E-state index contributed by atoms with van der Waals surface area (Å²) in [5, 5.41) is 6.18. The molecule has 1 aromatic rings. The average molecular weight is 402 g/mol. The van der Waals surface area contributed by atoms with E-state index in [2.05, 4.69) is 65.5 Å². The van der Waals surface area contributed by atoms with Crippen LogP contribution in [0.3, 0.4) is 0 Å². The summed E-state index contributed by atoms with van der Waals surface area (Å²) in [5.41, 5.74) is 2.60. The van der Waals surface area contributed by atoms with Crippen LogP contribution in [0.2, 0.25) is 0 Å². The largest absolute Gasteiger partial charge is 0.359 e. The Kier molecular flexibility index (Phi) is 9.98. The van der Waals surface area contributed by atoms with Gasteiger partial charge in [-0.2, -0.15) is 0 Å². The topological polar surface area (TPSA) is 60.0 Å². The smallest absolute Gasteiger partial charge is 0.220 e. The summed E-state index contributed by atoms with van der Waals surface area (Å²) < 4.78 is 0. The highest BCUT2D eigenvalue weighted by Gasteiger charge is 2.23. The monoisotopic (exact) mass is 401 g/mol. The SMILES string of the molecule is CCNC(=NCc1cccc(CN(CC)CC)c1)N1CCC(CC(=O)NC)CC1. The van der Waals surface area contributed by atoms with E-state index < -0.39 is 0 Å². The Hall–Kier alpha value is -2.08. The van der Waals surface area contributed by atoms with Gasteiger partial charge in [-0.1, -0.05) is 38.1 Å². The molecule has 29 heavy (non-hydrogen) atoms. The van der Waals surface area contributed by atoms with Crippen molar-refractivity contribution in [3.63, 3.8) is 0 Å². The molecule has 0 radical (unpaired) electrons. The zero-order valence-corrected chi connectivity index (χ0v) is 18.7. The molecule has 0 bridgehead atoms. The standard InChI is InChI=1S/C23H39N5O/c1-5-25-23(28-13-11-19(12-14-28)16-22(29)24-4)26-17-20-9-8-10-21(15-20)18-27(6-2)7-3/h8-10,15,19H,5-7,11-14,16-18H2,1-4H3,(H,24,29)(H,25,26). The predicted molar refractivity (Wildman–Crippen MR) is 121 cm³/mol. The van der Waals surface area contributed by atoms with Gasteiger partial charge in [-0.15, -0.1) is 0 Å². The van der Waals surface area contributed by atoms with Gasteiger partial charge in [0.2, 0.25) is 5.91 Å². The van der Waals surface area contributed by atoms with Crippen molar-refractivity contribution in [1.29, 1.82) is 0 Å². The number of nitrogens with one attached hydrogen (secondary N) is 2. The number of amides is 1. The predicted octanol–water partition coefficient (Wildman–Crippen LogP) is 2.84. The number of piperidine rings is 1. The van der Waals surface area contributed by atoms with Gasteiger partial charge in [-0.25, -0.2) is 4.99 Å². The summed E-state index contributed by atoms with van der Waals surface area (Å²) in [6.07, 6.45) is 2.71. The minimum absolute atomic E-state index is 0.147. The third-order valence-electron chi connectivity index (χ3n) is 5.71. The molecule has 1 amide bonds. The van der Waals surface area contributed by atoms with Gasteiger partial charge in [0, 0.05) is 39.6 Å². The summed E-state index contributed by atoms with van der Waals surface area (Å²) in [7, 11) is 1.71. The number of rotatable bonds is 9. The van der Waals surface area contributed by atoms with Gasteiger partial charge in [0.15, 0.2) is 5.96 Å². The fraction of sp³-hybridized carbons (Fsp3) is 0.652. The quantitative estimate of drug-likeness (QED) is 0.493. The lowest BCUT2D eigenvalue weighted by Gasteiger charge is -2.34. The van der Waals surface area contributed by atoms with Crippen molar-refractivity contribution in [2.75, 3.05) is 39.8 Å². The van der Waals surface area contributed by atoms with Gasteiger partial charge >= 0.3 is 0 Å². The Morgan fingerprint density at radius 1 is 1.17 bits per heavy atom. The second-order valence-electron chi connectivity index (χ2n) is 7.76. The summed E-state index contributed by atoms with van der Waals surface area (Å²) in [4.78, 5) is 21.3. The zero-order valence-electron chi connectivity index (χ0n) is 18.7. The van der Waals surface area contributed by atoms with Gasteiger partial charge in [0.25, 0.3) is 0 Å². The maximum Gasteiger partial charge on any atom is 0.220 e. The summed E-state index contributed by atoms with van der Waals surface area (Å²) >= 11 is 0. The van der Waals surface area contributed by atoms with E-state index in [0.717, 1.165) is 58.1 Å². The first-order chi connectivity index (χ1) is 14.1. The molecule has 0 unspecified atom stereocenters. The van der Waals surface area contributed by atoms with Crippen molar-refractivity contribution in [1.82, 2.24) is 20.4 Å². The first-order valence-electron chi connectivity index (χ1n) is 11.1. The lowest BCUT2D eigenvalue weighted by molar-refractivity contribution is -0.121. The number of aliphatic imine (C=N–C) groups is 1. The van der Waals surface area contributed by atoms with Crippen LogP contribution in [0.15, 0.2) is 29.3 Å². The zero-order chi connectivity index (χ0) is 21.1. The average Bonchev–Trinajstić information content (AvgIpc) is 2.75. The first kappa shape index (κ1) is 23.2. The highest BCUT2D eigenvalue weighted by molar-refractivity contribution is 5.80. The second-order valence-corrected chi connectivity index (χ2v) is 7.76. The van der Waals surface area contributed by atoms with Crippen molar-refractivity contribution < 1.29 is 4.79 Å². The number of carbonyl (C=O) groups excluding carboxylic acids is 1. The van der Waals surface area contributed by atoms with E-state index in [0.29, 0.717) is 18.9 Å². The molecule has 1 aliphatic heterocycles. The van der Waals surface area contributed by atoms with Crippen LogP contribution < -0.4 is 10.6 Å². The minimum atomic E-state index is 0.147. The Balaban J connectivity index is 1.96. The number of hydrogen-bond acceptors (Lipinski definition) is 3. The molecule has 1 aliphatic rings. The molecule has 162 valence electrons. The normalized spacial score (nSPS) is 15.6. The number of guanidine groups is 1. The van der Waals surface area contributed by atoms with E-state index in [1.165, 1.54) is 11.1 Å². The highest BCUT2D eigenvalue weighted by atomic mass is 16.1. The molecule has 6 heteroatoms. The van der Waals surface area contributed by atoms with Crippen molar-refractivity contribution in [3.8, 4) is 0 Å². The van der Waals surface area contributed by atoms with E-state index in [9.17, 15) is 4.79 Å². The molecule has 1 fully saturated rings. The minimum Gasteiger partial charge on any atom is -0.359 e. The van der Waals surface area contributed by atoms with Gasteiger partial charge in [-0.05, 0) is 49.9 Å². The fourth-order valence-corrected chi connectivity index (χ4v) is 3.84. The maximum absolute atomic E-state index is 11.6. The van der Waals surface area contributed by atoms with Crippen LogP contribution in [-0.4, -0.2) is 61.4 Å². The molecule has 0 aliphatic carbocycles. The molecule has 1 heterocycles. The Bertz CT molecular complexity index is 648. The summed E-state index contributed by atoms with van der Waals surface area (Å²) in [5.74, 6) is 1.61. The van der Waals surface area contributed by atoms with Crippen LogP contribution in [0.4, 0.5) is 0 Å². The van der Waals surface area contributed by atoms with Crippen molar-refractivity contribution in [2.24, 2.45) is 10.9 Å². The molecule has 0 saturated carbocycles. The number of likely N-dealkylation sites (tertiary alicyclic amines) is 1. The van der Waals surface area contributed by atoms with Gasteiger partial charge in [0.1, 0.15) is 0 Å². The van der Waals surface area contributed by atoms with Crippen molar-refractivity contribution in [3.05, 3.63) is 35.4 Å².